The predicted octanol–water partition coefficient (Wildman–Crippen LogP) is 2.02. The lowest BCUT2D eigenvalue weighted by atomic mass is 10.1. The molecule has 0 aliphatic heterocycles. The Hall–Kier alpha value is -2.96. The van der Waals surface area contributed by atoms with Gasteiger partial charge in [0, 0.05) is 26.1 Å². The lowest BCUT2D eigenvalue weighted by molar-refractivity contribution is 0.0941. The molecule has 0 bridgehead atoms. The van der Waals surface area contributed by atoms with Gasteiger partial charge in [-0.25, -0.2) is 0 Å². The summed E-state index contributed by atoms with van der Waals surface area (Å²) in [5, 5.41) is 10.9. The van der Waals surface area contributed by atoms with Crippen LogP contribution in [0.4, 0.5) is 0 Å². The SMILES string of the molecule is Cc1cc(C(=O)NCc2ccc(-c3noc(C)n3)cc2)n(C)n1. The van der Waals surface area contributed by atoms with Crippen molar-refractivity contribution in [1.29, 1.82) is 0 Å². The van der Waals surface area contributed by atoms with E-state index in [2.05, 4.69) is 20.6 Å². The molecule has 118 valence electrons. The Morgan fingerprint density at radius 2 is 2.00 bits per heavy atom. The molecule has 3 rings (SSSR count). The zero-order chi connectivity index (χ0) is 16.4. The number of rotatable bonds is 4. The van der Waals surface area contributed by atoms with E-state index in [9.17, 15) is 4.79 Å². The number of hydrogen-bond acceptors (Lipinski definition) is 5. The van der Waals surface area contributed by atoms with Crippen molar-refractivity contribution in [3.8, 4) is 11.4 Å². The van der Waals surface area contributed by atoms with Crippen LogP contribution in [0.3, 0.4) is 0 Å². The molecule has 0 saturated carbocycles. The highest BCUT2D eigenvalue weighted by atomic mass is 16.5. The molecule has 2 heterocycles. The number of carbonyl (C=O) groups excluding carboxylic acids is 1. The molecule has 2 aromatic heterocycles. The minimum Gasteiger partial charge on any atom is -0.347 e. The topological polar surface area (TPSA) is 85.8 Å². The molecule has 0 unspecified atom stereocenters. The van der Waals surface area contributed by atoms with E-state index in [4.69, 9.17) is 4.52 Å². The third kappa shape index (κ3) is 3.28. The molecule has 0 aliphatic carbocycles. The molecule has 23 heavy (non-hydrogen) atoms. The normalized spacial score (nSPS) is 10.7. The summed E-state index contributed by atoms with van der Waals surface area (Å²) >= 11 is 0. The largest absolute Gasteiger partial charge is 0.347 e. The van der Waals surface area contributed by atoms with Crippen LogP contribution in [0.5, 0.6) is 0 Å². The summed E-state index contributed by atoms with van der Waals surface area (Å²) in [6.07, 6.45) is 0. The van der Waals surface area contributed by atoms with E-state index >= 15 is 0 Å². The summed E-state index contributed by atoms with van der Waals surface area (Å²) in [7, 11) is 1.75. The molecule has 0 fully saturated rings. The van der Waals surface area contributed by atoms with Gasteiger partial charge in [0.05, 0.1) is 5.69 Å². The van der Waals surface area contributed by atoms with Crippen LogP contribution in [0.1, 0.15) is 27.6 Å². The summed E-state index contributed by atoms with van der Waals surface area (Å²) < 4.78 is 6.54. The smallest absolute Gasteiger partial charge is 0.269 e. The maximum absolute atomic E-state index is 12.1. The molecule has 1 N–H and O–H groups in total. The van der Waals surface area contributed by atoms with Gasteiger partial charge >= 0.3 is 0 Å². The summed E-state index contributed by atoms with van der Waals surface area (Å²) in [6.45, 7) is 4.05. The van der Waals surface area contributed by atoms with Crippen LogP contribution in [0.15, 0.2) is 34.9 Å². The van der Waals surface area contributed by atoms with Crippen molar-refractivity contribution in [1.82, 2.24) is 25.2 Å². The molecular weight excluding hydrogens is 294 g/mol. The number of carbonyl (C=O) groups is 1. The Kier molecular flexibility index (Phi) is 3.92. The fourth-order valence-corrected chi connectivity index (χ4v) is 2.28. The Balaban J connectivity index is 1.65. The second-order valence-corrected chi connectivity index (χ2v) is 5.31. The van der Waals surface area contributed by atoms with Crippen molar-refractivity contribution in [3.05, 3.63) is 53.2 Å². The highest BCUT2D eigenvalue weighted by Crippen LogP contribution is 2.16. The van der Waals surface area contributed by atoms with Crippen LogP contribution in [-0.2, 0) is 13.6 Å². The number of aromatic nitrogens is 4. The van der Waals surface area contributed by atoms with Crippen LogP contribution in [-0.4, -0.2) is 25.8 Å². The zero-order valence-corrected chi connectivity index (χ0v) is 13.2. The van der Waals surface area contributed by atoms with Gasteiger partial charge < -0.3 is 9.84 Å². The first-order valence-corrected chi connectivity index (χ1v) is 7.21. The Bertz CT molecular complexity index is 833. The number of benzene rings is 1. The monoisotopic (exact) mass is 311 g/mol. The minimum atomic E-state index is -0.147. The highest BCUT2D eigenvalue weighted by Gasteiger charge is 2.11. The van der Waals surface area contributed by atoms with Crippen LogP contribution in [0.25, 0.3) is 11.4 Å². The molecule has 1 amide bonds. The lowest BCUT2D eigenvalue weighted by Gasteiger charge is -2.06. The van der Waals surface area contributed by atoms with E-state index in [1.165, 1.54) is 0 Å². The van der Waals surface area contributed by atoms with Gasteiger partial charge in [0.2, 0.25) is 11.7 Å². The van der Waals surface area contributed by atoms with Crippen LogP contribution < -0.4 is 5.32 Å². The fourth-order valence-electron chi connectivity index (χ4n) is 2.28. The molecule has 0 radical (unpaired) electrons. The quantitative estimate of drug-likeness (QED) is 0.796. The maximum Gasteiger partial charge on any atom is 0.269 e. The number of nitrogens with zero attached hydrogens (tertiary/aromatic N) is 4. The van der Waals surface area contributed by atoms with Crippen molar-refractivity contribution in [2.24, 2.45) is 7.05 Å². The van der Waals surface area contributed by atoms with Gasteiger partial charge in [-0.15, -0.1) is 0 Å². The second kappa shape index (κ2) is 6.04. The van der Waals surface area contributed by atoms with Crippen molar-refractivity contribution < 1.29 is 9.32 Å². The van der Waals surface area contributed by atoms with Gasteiger partial charge in [-0.3, -0.25) is 9.48 Å². The standard InChI is InChI=1S/C16H17N5O2/c1-10-8-14(21(3)19-10)16(22)17-9-12-4-6-13(7-5-12)15-18-11(2)23-20-15/h4-8H,9H2,1-3H3,(H,17,22). The van der Waals surface area contributed by atoms with Gasteiger partial charge in [-0.05, 0) is 18.6 Å². The van der Waals surface area contributed by atoms with Crippen LogP contribution in [0.2, 0.25) is 0 Å². The Labute approximate surface area is 133 Å². The number of amides is 1. The van der Waals surface area contributed by atoms with Gasteiger partial charge in [-0.1, -0.05) is 29.4 Å². The summed E-state index contributed by atoms with van der Waals surface area (Å²) in [5.74, 6) is 0.942. The zero-order valence-electron chi connectivity index (χ0n) is 13.2. The molecule has 3 aromatic rings. The van der Waals surface area contributed by atoms with E-state index in [1.807, 2.05) is 31.2 Å². The van der Waals surface area contributed by atoms with E-state index in [1.54, 1.807) is 24.7 Å². The molecule has 0 atom stereocenters. The Morgan fingerprint density at radius 3 is 2.57 bits per heavy atom. The third-order valence-corrected chi connectivity index (χ3v) is 3.43. The van der Waals surface area contributed by atoms with Crippen LogP contribution in [0, 0.1) is 13.8 Å². The van der Waals surface area contributed by atoms with Gasteiger partial charge in [0.1, 0.15) is 5.69 Å². The van der Waals surface area contributed by atoms with Crippen molar-refractivity contribution in [3.63, 3.8) is 0 Å². The van der Waals surface area contributed by atoms with Gasteiger partial charge in [0.15, 0.2) is 0 Å². The lowest BCUT2D eigenvalue weighted by Crippen LogP contribution is -2.25. The first-order chi connectivity index (χ1) is 11.0. The van der Waals surface area contributed by atoms with E-state index in [0.29, 0.717) is 24.0 Å². The summed E-state index contributed by atoms with van der Waals surface area (Å²) in [5.41, 5.74) is 3.22. The van der Waals surface area contributed by atoms with E-state index < -0.39 is 0 Å². The number of hydrogen-bond donors (Lipinski definition) is 1. The fraction of sp³-hybridized carbons (Fsp3) is 0.250. The molecule has 1 aromatic carbocycles. The predicted molar refractivity (Wildman–Crippen MR) is 83.6 cm³/mol. The molecule has 0 spiro atoms. The average molecular weight is 311 g/mol. The van der Waals surface area contributed by atoms with Crippen LogP contribution >= 0.6 is 0 Å². The first kappa shape index (κ1) is 15.0. The molecule has 7 nitrogen and oxygen atoms in total. The molecule has 0 aliphatic rings. The highest BCUT2D eigenvalue weighted by molar-refractivity contribution is 5.92. The average Bonchev–Trinajstić information content (AvgIpc) is 3.11. The summed E-state index contributed by atoms with van der Waals surface area (Å²) in [6, 6.07) is 9.42. The molecule has 7 heteroatoms. The molecule has 0 saturated heterocycles. The van der Waals surface area contributed by atoms with Crippen molar-refractivity contribution in [2.45, 2.75) is 20.4 Å². The second-order valence-electron chi connectivity index (χ2n) is 5.31. The maximum atomic E-state index is 12.1. The molecular formula is C16H17N5O2. The van der Waals surface area contributed by atoms with E-state index in [0.717, 1.165) is 16.8 Å². The van der Waals surface area contributed by atoms with E-state index in [-0.39, 0.29) is 5.91 Å². The first-order valence-electron chi connectivity index (χ1n) is 7.21. The number of nitrogens with one attached hydrogen (secondary N) is 1. The van der Waals surface area contributed by atoms with Gasteiger partial charge in [-0.2, -0.15) is 10.1 Å². The third-order valence-electron chi connectivity index (χ3n) is 3.43. The summed E-state index contributed by atoms with van der Waals surface area (Å²) in [4.78, 5) is 16.3. The Morgan fingerprint density at radius 1 is 1.26 bits per heavy atom. The number of aryl methyl sites for hydroxylation is 3. The minimum absolute atomic E-state index is 0.147. The van der Waals surface area contributed by atoms with Crippen molar-refractivity contribution >= 4 is 5.91 Å². The van der Waals surface area contributed by atoms with Gasteiger partial charge in [0.25, 0.3) is 5.91 Å². The van der Waals surface area contributed by atoms with Crippen molar-refractivity contribution in [2.75, 3.05) is 0 Å².